The summed E-state index contributed by atoms with van der Waals surface area (Å²) in [4.78, 5) is 2.08. The van der Waals surface area contributed by atoms with Crippen LogP contribution in [0.1, 0.15) is 12.5 Å². The van der Waals surface area contributed by atoms with E-state index in [1.807, 2.05) is 6.92 Å². The molecule has 19 heavy (non-hydrogen) atoms. The number of hydrogen-bond donors (Lipinski definition) is 3. The van der Waals surface area contributed by atoms with Crippen molar-refractivity contribution in [3.63, 3.8) is 0 Å². The number of nitrogens with two attached hydrogens (primary N) is 1. The summed E-state index contributed by atoms with van der Waals surface area (Å²) in [5.74, 6) is 0.00547. The van der Waals surface area contributed by atoms with Gasteiger partial charge in [0.1, 0.15) is 5.84 Å². The maximum Gasteiger partial charge on any atom is 0.124 e. The SMILES string of the molecule is CC1COC(CO)CN1c1cc(Cl)ccc1C(=N)N. The Hall–Kier alpha value is -1.30. The molecule has 5 nitrogen and oxygen atoms in total. The number of aliphatic hydroxyl groups is 1. The van der Waals surface area contributed by atoms with E-state index in [4.69, 9.17) is 27.5 Å². The number of anilines is 1. The monoisotopic (exact) mass is 283 g/mol. The average Bonchev–Trinajstić information content (AvgIpc) is 2.38. The van der Waals surface area contributed by atoms with Gasteiger partial charge in [-0.15, -0.1) is 0 Å². The summed E-state index contributed by atoms with van der Waals surface area (Å²) in [5, 5.41) is 17.5. The highest BCUT2D eigenvalue weighted by molar-refractivity contribution is 6.31. The van der Waals surface area contributed by atoms with Crippen molar-refractivity contribution in [2.45, 2.75) is 19.1 Å². The first-order valence-electron chi connectivity index (χ1n) is 6.16. The maximum atomic E-state index is 9.23. The number of morpholine rings is 1. The average molecular weight is 284 g/mol. The summed E-state index contributed by atoms with van der Waals surface area (Å²) in [6, 6.07) is 5.40. The molecule has 1 fully saturated rings. The Balaban J connectivity index is 2.38. The Morgan fingerprint density at radius 3 is 3.00 bits per heavy atom. The van der Waals surface area contributed by atoms with Crippen molar-refractivity contribution in [1.29, 1.82) is 5.41 Å². The van der Waals surface area contributed by atoms with Gasteiger partial charge in [0.15, 0.2) is 0 Å². The quantitative estimate of drug-likeness (QED) is 0.575. The smallest absolute Gasteiger partial charge is 0.124 e. The number of aliphatic hydroxyl groups excluding tert-OH is 1. The van der Waals surface area contributed by atoms with Gasteiger partial charge in [0.05, 0.1) is 19.3 Å². The van der Waals surface area contributed by atoms with Crippen LogP contribution in [0.15, 0.2) is 18.2 Å². The number of nitrogen functional groups attached to an aromatic ring is 1. The predicted molar refractivity (Wildman–Crippen MR) is 76.1 cm³/mol. The highest BCUT2D eigenvalue weighted by atomic mass is 35.5. The van der Waals surface area contributed by atoms with E-state index in [2.05, 4.69) is 4.90 Å². The lowest BCUT2D eigenvalue weighted by atomic mass is 10.1. The van der Waals surface area contributed by atoms with Gasteiger partial charge < -0.3 is 20.5 Å². The first-order valence-corrected chi connectivity index (χ1v) is 6.53. The van der Waals surface area contributed by atoms with Crippen molar-refractivity contribution in [2.75, 3.05) is 24.7 Å². The molecule has 0 bridgehead atoms. The minimum absolute atomic E-state index is 0.00547. The molecule has 1 aliphatic rings. The minimum Gasteiger partial charge on any atom is -0.394 e. The third-order valence-corrected chi connectivity index (χ3v) is 3.50. The first kappa shape index (κ1) is 14.1. The van der Waals surface area contributed by atoms with Crippen LogP contribution < -0.4 is 10.6 Å². The summed E-state index contributed by atoms with van der Waals surface area (Å²) >= 11 is 6.04. The summed E-state index contributed by atoms with van der Waals surface area (Å²) in [6.07, 6.45) is -0.227. The van der Waals surface area contributed by atoms with Crippen LogP contribution in [0.4, 0.5) is 5.69 Å². The second kappa shape index (κ2) is 5.77. The van der Waals surface area contributed by atoms with E-state index in [0.29, 0.717) is 23.7 Å². The molecule has 1 heterocycles. The van der Waals surface area contributed by atoms with Crippen LogP contribution in [0.2, 0.25) is 5.02 Å². The number of nitrogens with zero attached hydrogens (tertiary/aromatic N) is 1. The zero-order valence-electron chi connectivity index (χ0n) is 10.8. The van der Waals surface area contributed by atoms with Crippen molar-refractivity contribution in [3.05, 3.63) is 28.8 Å². The Bertz CT molecular complexity index is 481. The number of ether oxygens (including phenoxy) is 1. The first-order chi connectivity index (χ1) is 9.02. The lowest BCUT2D eigenvalue weighted by Gasteiger charge is -2.40. The van der Waals surface area contributed by atoms with E-state index in [1.54, 1.807) is 18.2 Å². The number of halogens is 1. The molecule has 2 atom stereocenters. The Kier molecular flexibility index (Phi) is 4.29. The van der Waals surface area contributed by atoms with Gasteiger partial charge in [-0.05, 0) is 25.1 Å². The van der Waals surface area contributed by atoms with E-state index in [1.165, 1.54) is 0 Å². The van der Waals surface area contributed by atoms with Gasteiger partial charge in [-0.3, -0.25) is 5.41 Å². The molecule has 1 aromatic rings. The largest absolute Gasteiger partial charge is 0.394 e. The molecule has 6 heteroatoms. The summed E-state index contributed by atoms with van der Waals surface area (Å²) in [6.45, 7) is 3.07. The normalized spacial score (nSPS) is 23.4. The van der Waals surface area contributed by atoms with Crippen LogP contribution in [0.5, 0.6) is 0 Å². The zero-order valence-corrected chi connectivity index (χ0v) is 11.5. The number of hydrogen-bond acceptors (Lipinski definition) is 4. The summed E-state index contributed by atoms with van der Waals surface area (Å²) in [7, 11) is 0. The molecule has 0 aromatic heterocycles. The van der Waals surface area contributed by atoms with Crippen molar-refractivity contribution in [3.8, 4) is 0 Å². The third kappa shape index (κ3) is 3.00. The van der Waals surface area contributed by atoms with Crippen molar-refractivity contribution < 1.29 is 9.84 Å². The maximum absolute atomic E-state index is 9.23. The van der Waals surface area contributed by atoms with Crippen molar-refractivity contribution in [1.82, 2.24) is 0 Å². The molecule has 2 unspecified atom stereocenters. The number of amidine groups is 1. The van der Waals surface area contributed by atoms with E-state index in [0.717, 1.165) is 5.69 Å². The Labute approximate surface area is 117 Å². The lowest BCUT2D eigenvalue weighted by molar-refractivity contribution is -0.0103. The molecule has 1 aromatic carbocycles. The van der Waals surface area contributed by atoms with E-state index >= 15 is 0 Å². The molecule has 0 saturated carbocycles. The lowest BCUT2D eigenvalue weighted by Crippen LogP contribution is -2.50. The fourth-order valence-electron chi connectivity index (χ4n) is 2.23. The summed E-state index contributed by atoms with van der Waals surface area (Å²) < 4.78 is 5.51. The van der Waals surface area contributed by atoms with Crippen molar-refractivity contribution in [2.24, 2.45) is 5.73 Å². The molecular weight excluding hydrogens is 266 g/mol. The Morgan fingerprint density at radius 2 is 2.37 bits per heavy atom. The van der Waals surface area contributed by atoms with Gasteiger partial charge in [-0.1, -0.05) is 11.6 Å². The molecule has 1 saturated heterocycles. The van der Waals surface area contributed by atoms with Gasteiger partial charge in [-0.2, -0.15) is 0 Å². The minimum atomic E-state index is -0.227. The van der Waals surface area contributed by atoms with Crippen LogP contribution in [-0.4, -0.2) is 42.8 Å². The van der Waals surface area contributed by atoms with Crippen LogP contribution in [0.3, 0.4) is 0 Å². The molecule has 104 valence electrons. The standard InChI is InChI=1S/C13H18ClN3O2/c1-8-7-19-10(6-18)5-17(8)12-4-9(14)2-3-11(12)13(15)16/h2-4,8,10,18H,5-7H2,1H3,(H3,15,16). The van der Waals surface area contributed by atoms with E-state index in [9.17, 15) is 5.11 Å². The van der Waals surface area contributed by atoms with Gasteiger partial charge in [0.2, 0.25) is 0 Å². The number of rotatable bonds is 3. The molecule has 2 rings (SSSR count). The van der Waals surface area contributed by atoms with Gasteiger partial charge in [-0.25, -0.2) is 0 Å². The van der Waals surface area contributed by atoms with Gasteiger partial charge >= 0.3 is 0 Å². The molecule has 0 aliphatic carbocycles. The Morgan fingerprint density at radius 1 is 1.63 bits per heavy atom. The molecule has 0 amide bonds. The second-order valence-corrected chi connectivity index (χ2v) is 5.15. The fourth-order valence-corrected chi connectivity index (χ4v) is 2.40. The molecule has 0 spiro atoms. The van der Waals surface area contributed by atoms with Crippen LogP contribution >= 0.6 is 11.6 Å². The van der Waals surface area contributed by atoms with Crippen LogP contribution in [-0.2, 0) is 4.74 Å². The van der Waals surface area contributed by atoms with Crippen LogP contribution in [0.25, 0.3) is 0 Å². The van der Waals surface area contributed by atoms with Gasteiger partial charge in [0, 0.05) is 28.9 Å². The molecule has 4 N–H and O–H groups in total. The van der Waals surface area contributed by atoms with Gasteiger partial charge in [0.25, 0.3) is 0 Å². The molecule has 1 aliphatic heterocycles. The predicted octanol–water partition coefficient (Wildman–Crippen LogP) is 1.21. The highest BCUT2D eigenvalue weighted by Crippen LogP contribution is 2.28. The van der Waals surface area contributed by atoms with Crippen LogP contribution in [0, 0.1) is 5.41 Å². The van der Waals surface area contributed by atoms with E-state index in [-0.39, 0.29) is 24.6 Å². The topological polar surface area (TPSA) is 82.6 Å². The van der Waals surface area contributed by atoms with E-state index < -0.39 is 0 Å². The molecule has 0 radical (unpaired) electrons. The molecular formula is C13H18ClN3O2. The third-order valence-electron chi connectivity index (χ3n) is 3.27. The second-order valence-electron chi connectivity index (χ2n) is 4.71. The number of nitrogens with one attached hydrogen (secondary N) is 1. The number of benzene rings is 1. The summed E-state index contributed by atoms with van der Waals surface area (Å²) in [5.41, 5.74) is 7.08. The fraction of sp³-hybridized carbons (Fsp3) is 0.462. The zero-order chi connectivity index (χ0) is 14.0. The van der Waals surface area contributed by atoms with Crippen molar-refractivity contribution >= 4 is 23.1 Å². The highest BCUT2D eigenvalue weighted by Gasteiger charge is 2.27.